The summed E-state index contributed by atoms with van der Waals surface area (Å²) in [4.78, 5) is 39.5. The quantitative estimate of drug-likeness (QED) is 0.485. The maximum Gasteiger partial charge on any atom is 0.432 e. The van der Waals surface area contributed by atoms with Gasteiger partial charge in [-0.2, -0.15) is 4.68 Å². The number of hydrogen-bond donors (Lipinski definition) is 2. The molecule has 5 heterocycles. The Morgan fingerprint density at radius 1 is 1.31 bits per heavy atom. The topological polar surface area (TPSA) is 135 Å². The summed E-state index contributed by atoms with van der Waals surface area (Å²) in [5, 5.41) is 16.0. The van der Waals surface area contributed by atoms with Crippen LogP contribution in [0.2, 0.25) is 0 Å². The average molecular weight is 514 g/mol. The van der Waals surface area contributed by atoms with Gasteiger partial charge in [0.2, 0.25) is 5.95 Å². The minimum atomic E-state index is -1.24. The summed E-state index contributed by atoms with van der Waals surface area (Å²) in [6.45, 7) is 8.89. The van der Waals surface area contributed by atoms with E-state index in [-0.39, 0.29) is 17.7 Å². The Kier molecular flexibility index (Phi) is 6.36. The molecule has 12 nitrogen and oxygen atoms in total. The van der Waals surface area contributed by atoms with Gasteiger partial charge >= 0.3 is 6.09 Å². The van der Waals surface area contributed by atoms with E-state index in [0.717, 1.165) is 47.3 Å². The SMILES string of the molecule is COc1nn(C(=O)O)cc1Nc1nccc(-c2cc3c(s2)C(C)(C)N(CCN2CCOCC2)C3=O)n1. The monoisotopic (exact) mass is 513 g/mol. The van der Waals surface area contributed by atoms with Crippen LogP contribution in [-0.4, -0.2) is 93.2 Å². The van der Waals surface area contributed by atoms with E-state index >= 15 is 0 Å². The average Bonchev–Trinajstić information content (AvgIpc) is 3.54. The Morgan fingerprint density at radius 3 is 2.78 bits per heavy atom. The minimum Gasteiger partial charge on any atom is -0.478 e. The lowest BCUT2D eigenvalue weighted by Crippen LogP contribution is -2.46. The molecule has 3 aromatic rings. The van der Waals surface area contributed by atoms with Crippen molar-refractivity contribution >= 4 is 35.0 Å². The molecule has 0 unspecified atom stereocenters. The Balaban J connectivity index is 1.35. The third kappa shape index (κ3) is 4.40. The summed E-state index contributed by atoms with van der Waals surface area (Å²) < 4.78 is 11.3. The molecule has 13 heteroatoms. The molecule has 3 aromatic heterocycles. The van der Waals surface area contributed by atoms with Gasteiger partial charge in [0.05, 0.1) is 48.2 Å². The highest BCUT2D eigenvalue weighted by molar-refractivity contribution is 7.16. The number of thiophene rings is 1. The molecule has 2 aliphatic rings. The van der Waals surface area contributed by atoms with Crippen LogP contribution in [0.15, 0.2) is 24.5 Å². The zero-order chi connectivity index (χ0) is 25.4. The second-order valence-electron chi connectivity index (χ2n) is 8.99. The standard InChI is InChI=1S/C23H27N7O5S/c1-23(2)18-14(20(31)29(23)7-6-28-8-10-35-11-9-28)12-17(36-18)15-4-5-24-21(25-15)26-16-13-30(22(32)33)27-19(16)34-3/h4-5,12-13H,6-11H2,1-3H3,(H,32,33)(H,24,25,26). The molecule has 1 saturated heterocycles. The van der Waals surface area contributed by atoms with Crippen molar-refractivity contribution in [3.05, 3.63) is 35.0 Å². The number of fused-ring (bicyclic) bond motifs is 1. The Labute approximate surface area is 211 Å². The molecule has 0 aliphatic carbocycles. The van der Waals surface area contributed by atoms with E-state index in [9.17, 15) is 9.59 Å². The second-order valence-corrected chi connectivity index (χ2v) is 10.0. The van der Waals surface area contributed by atoms with E-state index in [1.54, 1.807) is 23.6 Å². The van der Waals surface area contributed by atoms with Crippen molar-refractivity contribution in [3.8, 4) is 16.5 Å². The predicted molar refractivity (Wildman–Crippen MR) is 132 cm³/mol. The van der Waals surface area contributed by atoms with Gasteiger partial charge in [-0.3, -0.25) is 9.69 Å². The number of carbonyl (C=O) groups excluding carboxylic acids is 1. The fraction of sp³-hybridized carbons (Fsp3) is 0.435. The first-order valence-electron chi connectivity index (χ1n) is 11.5. The van der Waals surface area contributed by atoms with Gasteiger partial charge in [0.1, 0.15) is 5.69 Å². The van der Waals surface area contributed by atoms with Gasteiger partial charge in [-0.05, 0) is 26.0 Å². The fourth-order valence-electron chi connectivity index (χ4n) is 4.47. The van der Waals surface area contributed by atoms with E-state index < -0.39 is 11.6 Å². The van der Waals surface area contributed by atoms with Crippen LogP contribution < -0.4 is 10.1 Å². The van der Waals surface area contributed by atoms with Crippen molar-refractivity contribution in [1.29, 1.82) is 0 Å². The van der Waals surface area contributed by atoms with E-state index in [0.29, 0.717) is 23.5 Å². The number of carbonyl (C=O) groups is 2. The van der Waals surface area contributed by atoms with Crippen LogP contribution in [0.1, 0.15) is 29.1 Å². The highest BCUT2D eigenvalue weighted by Gasteiger charge is 2.44. The van der Waals surface area contributed by atoms with Gasteiger partial charge in [-0.15, -0.1) is 16.4 Å². The summed E-state index contributed by atoms with van der Waals surface area (Å²) in [6, 6.07) is 3.67. The van der Waals surface area contributed by atoms with Crippen LogP contribution in [0, 0.1) is 0 Å². The van der Waals surface area contributed by atoms with Gasteiger partial charge in [0.25, 0.3) is 11.8 Å². The Bertz CT molecular complexity index is 1300. The van der Waals surface area contributed by atoms with Gasteiger partial charge in [0, 0.05) is 37.3 Å². The third-order valence-corrected chi connectivity index (χ3v) is 7.88. The van der Waals surface area contributed by atoms with Crippen LogP contribution >= 0.6 is 11.3 Å². The van der Waals surface area contributed by atoms with Crippen molar-refractivity contribution in [2.24, 2.45) is 0 Å². The maximum atomic E-state index is 13.3. The van der Waals surface area contributed by atoms with Crippen LogP contribution in [0.25, 0.3) is 10.6 Å². The Morgan fingerprint density at radius 2 is 2.08 bits per heavy atom. The molecule has 0 aromatic carbocycles. The smallest absolute Gasteiger partial charge is 0.432 e. The first kappa shape index (κ1) is 24.2. The van der Waals surface area contributed by atoms with Gasteiger partial charge in [0.15, 0.2) is 0 Å². The van der Waals surface area contributed by atoms with Crippen molar-refractivity contribution < 1.29 is 24.2 Å². The maximum absolute atomic E-state index is 13.3. The van der Waals surface area contributed by atoms with Crippen molar-refractivity contribution in [1.82, 2.24) is 29.5 Å². The first-order chi connectivity index (χ1) is 17.3. The summed E-state index contributed by atoms with van der Waals surface area (Å²) in [6.07, 6.45) is 1.64. The van der Waals surface area contributed by atoms with Crippen LogP contribution in [-0.2, 0) is 10.3 Å². The lowest BCUT2D eigenvalue weighted by Gasteiger charge is -2.35. The van der Waals surface area contributed by atoms with E-state index in [1.807, 2.05) is 11.0 Å². The number of nitrogens with one attached hydrogen (secondary N) is 1. The lowest BCUT2D eigenvalue weighted by atomic mass is 10.0. The van der Waals surface area contributed by atoms with Crippen molar-refractivity contribution in [2.45, 2.75) is 19.4 Å². The second kappa shape index (κ2) is 9.48. The van der Waals surface area contributed by atoms with E-state index in [1.165, 1.54) is 13.3 Å². The summed E-state index contributed by atoms with van der Waals surface area (Å²) in [7, 11) is 1.40. The van der Waals surface area contributed by atoms with Crippen LogP contribution in [0.3, 0.4) is 0 Å². The number of aromatic nitrogens is 4. The highest BCUT2D eigenvalue weighted by Crippen LogP contribution is 2.46. The third-order valence-electron chi connectivity index (χ3n) is 6.41. The largest absolute Gasteiger partial charge is 0.478 e. The lowest BCUT2D eigenvalue weighted by molar-refractivity contribution is 0.0263. The zero-order valence-electron chi connectivity index (χ0n) is 20.2. The molecule has 190 valence electrons. The molecule has 1 amide bonds. The molecule has 2 aliphatic heterocycles. The number of carboxylic acid groups (broad SMARTS) is 1. The number of morpholine rings is 1. The number of ether oxygens (including phenoxy) is 2. The number of amides is 1. The molecule has 1 fully saturated rings. The van der Waals surface area contributed by atoms with Gasteiger partial charge in [-0.1, -0.05) is 0 Å². The molecule has 5 rings (SSSR count). The number of rotatable bonds is 7. The van der Waals surface area contributed by atoms with Crippen LogP contribution in [0.5, 0.6) is 5.88 Å². The Hall–Kier alpha value is -3.55. The molecule has 36 heavy (non-hydrogen) atoms. The fourth-order valence-corrected chi connectivity index (χ4v) is 5.70. The molecule has 0 saturated carbocycles. The molecule has 2 N–H and O–H groups in total. The minimum absolute atomic E-state index is 0.0315. The van der Waals surface area contributed by atoms with E-state index in [2.05, 4.69) is 39.1 Å². The molecule has 0 spiro atoms. The summed E-state index contributed by atoms with van der Waals surface area (Å²) in [5.74, 6) is 0.386. The first-order valence-corrected chi connectivity index (χ1v) is 12.3. The number of anilines is 2. The van der Waals surface area contributed by atoms with Crippen molar-refractivity contribution in [3.63, 3.8) is 0 Å². The van der Waals surface area contributed by atoms with Crippen LogP contribution in [0.4, 0.5) is 16.4 Å². The molecular weight excluding hydrogens is 486 g/mol. The number of methoxy groups -OCH3 is 1. The molecule has 0 radical (unpaired) electrons. The van der Waals surface area contributed by atoms with Gasteiger partial charge in [-0.25, -0.2) is 14.8 Å². The highest BCUT2D eigenvalue weighted by atomic mass is 32.1. The summed E-state index contributed by atoms with van der Waals surface area (Å²) >= 11 is 1.55. The van der Waals surface area contributed by atoms with Gasteiger partial charge < -0.3 is 24.8 Å². The molecular formula is C23H27N7O5S. The number of hydrogen-bond acceptors (Lipinski definition) is 10. The van der Waals surface area contributed by atoms with E-state index in [4.69, 9.17) is 14.6 Å². The molecule has 0 bridgehead atoms. The zero-order valence-corrected chi connectivity index (χ0v) is 21.0. The normalized spacial score (nSPS) is 17.3. The number of nitrogens with zero attached hydrogens (tertiary/aromatic N) is 6. The predicted octanol–water partition coefficient (Wildman–Crippen LogP) is 2.70. The van der Waals surface area contributed by atoms with Crippen molar-refractivity contribution in [2.75, 3.05) is 51.8 Å². The molecule has 0 atom stereocenters. The summed E-state index contributed by atoms with van der Waals surface area (Å²) in [5.41, 5.74) is 1.26.